The summed E-state index contributed by atoms with van der Waals surface area (Å²) in [5.74, 6) is 0. The Morgan fingerprint density at radius 2 is 1.81 bits per heavy atom. The molecule has 0 bridgehead atoms. The topological polar surface area (TPSA) is 21.3 Å². The fraction of sp³-hybridized carbons (Fsp3) is 1.00. The normalized spacial score (nSPS) is 33.8. The number of methoxy groups -OCH3 is 1. The Kier molecular flexibility index (Phi) is 3.18. The molecule has 0 saturated heterocycles. The van der Waals surface area contributed by atoms with Crippen LogP contribution in [0.3, 0.4) is 0 Å². The van der Waals surface area contributed by atoms with E-state index in [2.05, 4.69) is 5.32 Å². The molecule has 2 atom stereocenters. The first-order valence-corrected chi connectivity index (χ1v) is 5.86. The molecule has 16 heavy (non-hydrogen) atoms. The van der Waals surface area contributed by atoms with E-state index < -0.39 is 11.7 Å². The zero-order valence-corrected chi connectivity index (χ0v) is 9.44. The van der Waals surface area contributed by atoms with Gasteiger partial charge in [0.2, 0.25) is 0 Å². The molecule has 1 N–H and O–H groups in total. The van der Waals surface area contributed by atoms with Crippen LogP contribution >= 0.6 is 0 Å². The summed E-state index contributed by atoms with van der Waals surface area (Å²) in [5, 5.41) is 2.80. The molecule has 2 rings (SSSR count). The number of halogens is 3. The summed E-state index contributed by atoms with van der Waals surface area (Å²) < 4.78 is 43.6. The molecule has 5 heteroatoms. The van der Waals surface area contributed by atoms with Crippen LogP contribution in [0.1, 0.15) is 38.5 Å². The molecule has 2 unspecified atom stereocenters. The molecule has 94 valence electrons. The highest BCUT2D eigenvalue weighted by Crippen LogP contribution is 2.49. The molecule has 0 heterocycles. The lowest BCUT2D eigenvalue weighted by Gasteiger charge is -2.35. The molecule has 0 radical (unpaired) electrons. The van der Waals surface area contributed by atoms with E-state index in [1.54, 1.807) is 7.11 Å². The minimum atomic E-state index is -4.12. The lowest BCUT2D eigenvalue weighted by Crippen LogP contribution is -2.54. The van der Waals surface area contributed by atoms with E-state index in [1.807, 2.05) is 0 Å². The third kappa shape index (κ3) is 2.20. The molecular weight excluding hydrogens is 219 g/mol. The number of nitrogens with one attached hydrogen (secondary N) is 1. The monoisotopic (exact) mass is 237 g/mol. The highest BCUT2D eigenvalue weighted by molar-refractivity contribution is 5.10. The Balaban J connectivity index is 1.98. The number of hydrogen-bond acceptors (Lipinski definition) is 2. The van der Waals surface area contributed by atoms with Crippen molar-refractivity contribution in [3.8, 4) is 0 Å². The number of hydrogen-bond donors (Lipinski definition) is 1. The second-order valence-electron chi connectivity index (χ2n) is 4.89. The van der Waals surface area contributed by atoms with Crippen LogP contribution < -0.4 is 5.32 Å². The standard InChI is InChI=1S/C11H18F3NO/c1-16-9-5-3-2-4-8(9)15-10(6-7-10)11(12,13)14/h8-9,15H,2-7H2,1H3. The first-order valence-electron chi connectivity index (χ1n) is 5.86. The summed E-state index contributed by atoms with van der Waals surface area (Å²) in [6, 6.07) is -0.136. The molecule has 0 amide bonds. The van der Waals surface area contributed by atoms with Crippen molar-refractivity contribution in [3.63, 3.8) is 0 Å². The van der Waals surface area contributed by atoms with Gasteiger partial charge in [0.15, 0.2) is 0 Å². The number of ether oxygens (including phenoxy) is 1. The molecule has 2 saturated carbocycles. The Labute approximate surface area is 93.5 Å². The molecule has 2 fully saturated rings. The first kappa shape index (κ1) is 12.2. The Bertz CT molecular complexity index is 250. The number of rotatable bonds is 3. The minimum Gasteiger partial charge on any atom is -0.380 e. The first-order chi connectivity index (χ1) is 7.48. The summed E-state index contributed by atoms with van der Waals surface area (Å²) in [7, 11) is 1.58. The van der Waals surface area contributed by atoms with Crippen molar-refractivity contribution in [3.05, 3.63) is 0 Å². The quantitative estimate of drug-likeness (QED) is 0.814. The van der Waals surface area contributed by atoms with Gasteiger partial charge in [-0.25, -0.2) is 0 Å². The second kappa shape index (κ2) is 4.18. The molecule has 0 aliphatic heterocycles. The van der Waals surface area contributed by atoms with Gasteiger partial charge < -0.3 is 4.74 Å². The van der Waals surface area contributed by atoms with E-state index in [-0.39, 0.29) is 25.0 Å². The average Bonchev–Trinajstić information content (AvgIpc) is 2.99. The Morgan fingerprint density at radius 3 is 2.31 bits per heavy atom. The van der Waals surface area contributed by atoms with Crippen molar-refractivity contribution in [1.29, 1.82) is 0 Å². The zero-order chi connectivity index (χ0) is 11.8. The van der Waals surface area contributed by atoms with E-state index in [0.717, 1.165) is 25.7 Å². The van der Waals surface area contributed by atoms with Crippen LogP contribution in [0.25, 0.3) is 0 Å². The summed E-state index contributed by atoms with van der Waals surface area (Å²) in [6.45, 7) is 0. The molecule has 0 spiro atoms. The van der Waals surface area contributed by atoms with Gasteiger partial charge >= 0.3 is 6.18 Å². The van der Waals surface area contributed by atoms with Gasteiger partial charge in [0.25, 0.3) is 0 Å². The van der Waals surface area contributed by atoms with Gasteiger partial charge in [0, 0.05) is 13.2 Å². The zero-order valence-electron chi connectivity index (χ0n) is 9.44. The fourth-order valence-electron chi connectivity index (χ4n) is 2.53. The smallest absolute Gasteiger partial charge is 0.380 e. The molecule has 2 aliphatic carbocycles. The van der Waals surface area contributed by atoms with Gasteiger partial charge in [-0.1, -0.05) is 12.8 Å². The van der Waals surface area contributed by atoms with Crippen molar-refractivity contribution in [2.24, 2.45) is 0 Å². The van der Waals surface area contributed by atoms with Gasteiger partial charge in [0.05, 0.1) is 6.10 Å². The Morgan fingerprint density at radius 1 is 1.19 bits per heavy atom. The fourth-order valence-corrected chi connectivity index (χ4v) is 2.53. The minimum absolute atomic E-state index is 0.0615. The van der Waals surface area contributed by atoms with Gasteiger partial charge in [-0.3, -0.25) is 5.32 Å². The SMILES string of the molecule is COC1CCCCC1NC1(C(F)(F)F)CC1. The molecule has 0 aromatic carbocycles. The summed E-state index contributed by atoms with van der Waals surface area (Å²) in [5.41, 5.74) is -1.61. The van der Waals surface area contributed by atoms with Crippen molar-refractivity contribution in [2.75, 3.05) is 7.11 Å². The maximum Gasteiger partial charge on any atom is 0.406 e. The van der Waals surface area contributed by atoms with Gasteiger partial charge in [0.1, 0.15) is 5.54 Å². The molecule has 2 aliphatic rings. The van der Waals surface area contributed by atoms with Gasteiger partial charge in [-0.05, 0) is 25.7 Å². The summed E-state index contributed by atoms with van der Waals surface area (Å²) >= 11 is 0. The third-order valence-electron chi connectivity index (χ3n) is 3.76. The molecule has 0 aromatic rings. The maximum atomic E-state index is 12.8. The van der Waals surface area contributed by atoms with E-state index in [9.17, 15) is 13.2 Å². The van der Waals surface area contributed by atoms with Gasteiger partial charge in [-0.15, -0.1) is 0 Å². The van der Waals surface area contributed by atoms with Crippen molar-refractivity contribution >= 4 is 0 Å². The highest BCUT2D eigenvalue weighted by atomic mass is 19.4. The van der Waals surface area contributed by atoms with Crippen LogP contribution in [-0.2, 0) is 4.74 Å². The predicted molar refractivity (Wildman–Crippen MR) is 54.2 cm³/mol. The van der Waals surface area contributed by atoms with E-state index in [4.69, 9.17) is 4.74 Å². The predicted octanol–water partition coefficient (Wildman–Crippen LogP) is 2.63. The van der Waals surface area contributed by atoms with Crippen molar-refractivity contribution in [1.82, 2.24) is 5.32 Å². The van der Waals surface area contributed by atoms with Crippen LogP contribution in [0.15, 0.2) is 0 Å². The lowest BCUT2D eigenvalue weighted by molar-refractivity contribution is -0.171. The third-order valence-corrected chi connectivity index (χ3v) is 3.76. The van der Waals surface area contributed by atoms with Gasteiger partial charge in [-0.2, -0.15) is 13.2 Å². The van der Waals surface area contributed by atoms with Crippen LogP contribution in [0.4, 0.5) is 13.2 Å². The summed E-state index contributed by atoms with van der Waals surface area (Å²) in [4.78, 5) is 0. The molecule has 2 nitrogen and oxygen atoms in total. The largest absolute Gasteiger partial charge is 0.406 e. The van der Waals surface area contributed by atoms with Crippen LogP contribution in [-0.4, -0.2) is 31.0 Å². The van der Waals surface area contributed by atoms with Crippen LogP contribution in [0, 0.1) is 0 Å². The molecular formula is C11H18F3NO. The van der Waals surface area contributed by atoms with Crippen LogP contribution in [0.2, 0.25) is 0 Å². The van der Waals surface area contributed by atoms with Crippen molar-refractivity contribution < 1.29 is 17.9 Å². The van der Waals surface area contributed by atoms with E-state index in [0.29, 0.717) is 0 Å². The van der Waals surface area contributed by atoms with Crippen LogP contribution in [0.5, 0.6) is 0 Å². The maximum absolute atomic E-state index is 12.8. The Hall–Kier alpha value is -0.290. The summed E-state index contributed by atoms with van der Waals surface area (Å²) in [6.07, 6.45) is -0.0663. The number of alkyl halides is 3. The second-order valence-corrected chi connectivity index (χ2v) is 4.89. The van der Waals surface area contributed by atoms with Crippen molar-refractivity contribution in [2.45, 2.75) is 62.4 Å². The average molecular weight is 237 g/mol. The lowest BCUT2D eigenvalue weighted by atomic mass is 9.91. The van der Waals surface area contributed by atoms with E-state index >= 15 is 0 Å². The van der Waals surface area contributed by atoms with E-state index in [1.165, 1.54) is 0 Å². The molecule has 0 aromatic heterocycles. The highest BCUT2D eigenvalue weighted by Gasteiger charge is 2.64.